The van der Waals surface area contributed by atoms with Gasteiger partial charge in [0.05, 0.1) is 29.5 Å². The molecule has 0 saturated carbocycles. The summed E-state index contributed by atoms with van der Waals surface area (Å²) in [5, 5.41) is 5.15. The van der Waals surface area contributed by atoms with E-state index in [1.54, 1.807) is 12.1 Å². The number of aromatic nitrogens is 1. The zero-order valence-corrected chi connectivity index (χ0v) is 18.7. The van der Waals surface area contributed by atoms with Crippen LogP contribution in [0.4, 0.5) is 15.8 Å². The highest BCUT2D eigenvalue weighted by atomic mass is 32.2. The van der Waals surface area contributed by atoms with Crippen molar-refractivity contribution in [1.82, 2.24) is 9.29 Å². The van der Waals surface area contributed by atoms with Crippen molar-refractivity contribution in [2.45, 2.75) is 4.90 Å². The summed E-state index contributed by atoms with van der Waals surface area (Å²) in [5.41, 5.74) is 0.532. The zero-order valence-electron chi connectivity index (χ0n) is 17.9. The molecule has 3 aromatic rings. The lowest BCUT2D eigenvalue weighted by molar-refractivity contribution is 0.0730. The highest BCUT2D eigenvalue weighted by molar-refractivity contribution is 7.89. The fourth-order valence-electron chi connectivity index (χ4n) is 3.32. The molecule has 2 N–H and O–H groups in total. The molecule has 0 atom stereocenters. The summed E-state index contributed by atoms with van der Waals surface area (Å²) in [6.45, 7) is 1.17. The Kier molecular flexibility index (Phi) is 6.96. The molecule has 0 unspecified atom stereocenters. The van der Waals surface area contributed by atoms with Gasteiger partial charge < -0.3 is 15.4 Å². The number of nitrogens with one attached hydrogen (secondary N) is 2. The highest BCUT2D eigenvalue weighted by Crippen LogP contribution is 2.25. The van der Waals surface area contributed by atoms with Gasteiger partial charge in [-0.05, 0) is 54.6 Å². The van der Waals surface area contributed by atoms with Gasteiger partial charge in [-0.2, -0.15) is 4.31 Å². The van der Waals surface area contributed by atoms with E-state index in [1.165, 1.54) is 46.9 Å². The van der Waals surface area contributed by atoms with Gasteiger partial charge in [-0.25, -0.2) is 12.8 Å². The zero-order chi connectivity index (χ0) is 24.1. The molecule has 1 aromatic heterocycles. The number of carbonyl (C=O) groups excluding carboxylic acids is 2. The van der Waals surface area contributed by atoms with Crippen LogP contribution in [0.25, 0.3) is 0 Å². The van der Waals surface area contributed by atoms with E-state index in [-0.39, 0.29) is 40.6 Å². The number of hydrogen-bond acceptors (Lipinski definition) is 6. The number of amides is 2. The number of anilines is 2. The summed E-state index contributed by atoms with van der Waals surface area (Å²) in [7, 11) is -3.70. The minimum absolute atomic E-state index is 0.0410. The Bertz CT molecular complexity index is 1290. The molecule has 176 valence electrons. The fourth-order valence-corrected chi connectivity index (χ4v) is 4.73. The smallest absolute Gasteiger partial charge is 0.274 e. The van der Waals surface area contributed by atoms with Gasteiger partial charge in [0.2, 0.25) is 10.0 Å². The van der Waals surface area contributed by atoms with Gasteiger partial charge in [-0.15, -0.1) is 0 Å². The van der Waals surface area contributed by atoms with Crippen molar-refractivity contribution in [2.24, 2.45) is 0 Å². The first kappa shape index (κ1) is 23.5. The Labute approximate surface area is 195 Å². The number of halogens is 1. The lowest BCUT2D eigenvalue weighted by Crippen LogP contribution is -2.40. The van der Waals surface area contributed by atoms with Crippen molar-refractivity contribution in [3.05, 3.63) is 83.9 Å². The molecule has 0 bridgehead atoms. The maximum atomic E-state index is 13.9. The van der Waals surface area contributed by atoms with Crippen molar-refractivity contribution in [2.75, 3.05) is 36.9 Å². The van der Waals surface area contributed by atoms with Crippen LogP contribution >= 0.6 is 0 Å². The first-order valence-corrected chi connectivity index (χ1v) is 11.8. The van der Waals surface area contributed by atoms with Crippen molar-refractivity contribution < 1.29 is 27.1 Å². The molecule has 34 heavy (non-hydrogen) atoms. The number of ether oxygens (including phenoxy) is 1. The molecule has 2 aromatic carbocycles. The second-order valence-electron chi connectivity index (χ2n) is 7.35. The van der Waals surface area contributed by atoms with E-state index < -0.39 is 27.7 Å². The third-order valence-electron chi connectivity index (χ3n) is 5.10. The maximum Gasteiger partial charge on any atom is 0.274 e. The van der Waals surface area contributed by atoms with Crippen LogP contribution < -0.4 is 10.6 Å². The van der Waals surface area contributed by atoms with E-state index >= 15 is 0 Å². The molecule has 0 radical (unpaired) electrons. The predicted molar refractivity (Wildman–Crippen MR) is 123 cm³/mol. The van der Waals surface area contributed by atoms with Crippen LogP contribution in [0, 0.1) is 5.82 Å². The molecule has 11 heteroatoms. The molecule has 2 heterocycles. The first-order valence-electron chi connectivity index (χ1n) is 10.4. The normalized spacial score (nSPS) is 14.4. The summed E-state index contributed by atoms with van der Waals surface area (Å²) in [6, 6.07) is 13.8. The first-order chi connectivity index (χ1) is 16.3. The van der Waals surface area contributed by atoms with Gasteiger partial charge >= 0.3 is 0 Å². The summed E-state index contributed by atoms with van der Waals surface area (Å²) in [5.74, 6) is -1.74. The average Bonchev–Trinajstić information content (AvgIpc) is 2.86. The third kappa shape index (κ3) is 5.28. The largest absolute Gasteiger partial charge is 0.379 e. The molecular weight excluding hydrogens is 463 g/mol. The molecule has 2 amide bonds. The van der Waals surface area contributed by atoms with Crippen molar-refractivity contribution in [1.29, 1.82) is 0 Å². The van der Waals surface area contributed by atoms with Gasteiger partial charge in [0.25, 0.3) is 11.8 Å². The number of sulfonamides is 1. The standard InChI is InChI=1S/C23H21FN4O5S/c24-17-6-9-19(26-23(30)20-3-1-2-10-25-20)21(15-17)27-22(29)16-4-7-18(8-5-16)34(31,32)28-11-13-33-14-12-28/h1-10,15H,11-14H2,(H,26,30)(H,27,29). The van der Waals surface area contributed by atoms with Gasteiger partial charge in [-0.1, -0.05) is 6.07 Å². The lowest BCUT2D eigenvalue weighted by atomic mass is 10.2. The Balaban J connectivity index is 1.50. The van der Waals surface area contributed by atoms with E-state index in [0.29, 0.717) is 13.2 Å². The monoisotopic (exact) mass is 484 g/mol. The predicted octanol–water partition coefficient (Wildman–Crippen LogP) is 2.75. The number of hydrogen-bond donors (Lipinski definition) is 2. The molecule has 9 nitrogen and oxygen atoms in total. The Hall–Kier alpha value is -3.67. The summed E-state index contributed by atoms with van der Waals surface area (Å²) < 4.78 is 45.9. The second kappa shape index (κ2) is 10.1. The van der Waals surface area contributed by atoms with Gasteiger partial charge in [0, 0.05) is 24.8 Å². The molecule has 1 aliphatic rings. The van der Waals surface area contributed by atoms with E-state index in [2.05, 4.69) is 15.6 Å². The van der Waals surface area contributed by atoms with E-state index in [9.17, 15) is 22.4 Å². The van der Waals surface area contributed by atoms with E-state index in [0.717, 1.165) is 12.1 Å². The number of carbonyl (C=O) groups is 2. The minimum Gasteiger partial charge on any atom is -0.379 e. The van der Waals surface area contributed by atoms with Crippen LogP contribution in [0.15, 0.2) is 71.8 Å². The van der Waals surface area contributed by atoms with Crippen LogP contribution in [0.3, 0.4) is 0 Å². The lowest BCUT2D eigenvalue weighted by Gasteiger charge is -2.26. The van der Waals surface area contributed by atoms with Crippen LogP contribution in [0.1, 0.15) is 20.8 Å². The van der Waals surface area contributed by atoms with E-state index in [4.69, 9.17) is 4.74 Å². The highest BCUT2D eigenvalue weighted by Gasteiger charge is 2.26. The summed E-state index contributed by atoms with van der Waals surface area (Å²) in [4.78, 5) is 29.2. The van der Waals surface area contributed by atoms with Crippen molar-refractivity contribution in [3.63, 3.8) is 0 Å². The Morgan fingerprint density at radius 2 is 1.62 bits per heavy atom. The molecule has 0 spiro atoms. The summed E-state index contributed by atoms with van der Waals surface area (Å²) in [6.07, 6.45) is 1.46. The number of rotatable bonds is 6. The van der Waals surface area contributed by atoms with Crippen LogP contribution in [-0.2, 0) is 14.8 Å². The second-order valence-corrected chi connectivity index (χ2v) is 9.29. The molecular formula is C23H21FN4O5S. The molecule has 4 rings (SSSR count). The minimum atomic E-state index is -3.70. The maximum absolute atomic E-state index is 13.9. The van der Waals surface area contributed by atoms with E-state index in [1.807, 2.05) is 0 Å². The quantitative estimate of drug-likeness (QED) is 0.556. The topological polar surface area (TPSA) is 118 Å². The number of nitrogens with zero attached hydrogens (tertiary/aromatic N) is 2. The Morgan fingerprint density at radius 1 is 0.912 bits per heavy atom. The van der Waals surface area contributed by atoms with Crippen LogP contribution in [-0.4, -0.2) is 55.8 Å². The number of benzene rings is 2. The fraction of sp³-hybridized carbons (Fsp3) is 0.174. The van der Waals surface area contributed by atoms with Crippen LogP contribution in [0.2, 0.25) is 0 Å². The Morgan fingerprint density at radius 3 is 2.29 bits per heavy atom. The average molecular weight is 485 g/mol. The number of pyridine rings is 1. The number of morpholine rings is 1. The van der Waals surface area contributed by atoms with Crippen molar-refractivity contribution >= 4 is 33.2 Å². The molecule has 1 fully saturated rings. The molecule has 1 saturated heterocycles. The molecule has 0 aliphatic carbocycles. The summed E-state index contributed by atoms with van der Waals surface area (Å²) >= 11 is 0. The SMILES string of the molecule is O=C(Nc1cc(F)ccc1NC(=O)c1ccccn1)c1ccc(S(=O)(=O)N2CCOCC2)cc1. The van der Waals surface area contributed by atoms with Gasteiger partial charge in [-0.3, -0.25) is 14.6 Å². The van der Waals surface area contributed by atoms with Gasteiger partial charge in [0.15, 0.2) is 0 Å². The van der Waals surface area contributed by atoms with Crippen LogP contribution in [0.5, 0.6) is 0 Å². The van der Waals surface area contributed by atoms with Gasteiger partial charge in [0.1, 0.15) is 11.5 Å². The van der Waals surface area contributed by atoms with Crippen molar-refractivity contribution in [3.8, 4) is 0 Å². The molecule has 1 aliphatic heterocycles. The third-order valence-corrected chi connectivity index (χ3v) is 7.01.